The maximum atomic E-state index is 12.3. The van der Waals surface area contributed by atoms with E-state index in [1.54, 1.807) is 6.20 Å². The van der Waals surface area contributed by atoms with E-state index >= 15 is 0 Å². The molecule has 0 saturated heterocycles. The lowest BCUT2D eigenvalue weighted by molar-refractivity contribution is 0.340. The number of sulfonamides is 1. The van der Waals surface area contributed by atoms with Crippen molar-refractivity contribution < 1.29 is 13.2 Å². The zero-order chi connectivity index (χ0) is 19.7. The molecule has 0 bridgehead atoms. The minimum absolute atomic E-state index is 0.425. The molecule has 3 aromatic rings. The third-order valence-electron chi connectivity index (χ3n) is 4.52. The standard InChI is InChI=1S/C20H20N4O3S/c1-3-27-15-10-8-14(9-11-15)18-12-20(24(23-18)28(2,25)26)19-13-21-16-6-4-5-7-17(16)22-19/h4-11,13,20H,3,12H2,1-2H3/t20-/m1/s1. The zero-order valence-electron chi connectivity index (χ0n) is 15.6. The number of hydrazone groups is 1. The molecule has 0 radical (unpaired) electrons. The molecule has 0 spiro atoms. The second-order valence-corrected chi connectivity index (χ2v) is 8.38. The maximum absolute atomic E-state index is 12.3. The predicted octanol–water partition coefficient (Wildman–Crippen LogP) is 3.14. The van der Waals surface area contributed by atoms with Crippen LogP contribution in [0.5, 0.6) is 5.75 Å². The highest BCUT2D eigenvalue weighted by atomic mass is 32.2. The summed E-state index contributed by atoms with van der Waals surface area (Å²) in [6.45, 7) is 2.51. The van der Waals surface area contributed by atoms with Gasteiger partial charge in [0.2, 0.25) is 10.0 Å². The number of para-hydroxylation sites is 2. The van der Waals surface area contributed by atoms with Gasteiger partial charge >= 0.3 is 0 Å². The molecule has 1 atom stereocenters. The fourth-order valence-corrected chi connectivity index (χ4v) is 4.12. The number of aromatic nitrogens is 2. The highest BCUT2D eigenvalue weighted by Crippen LogP contribution is 2.34. The summed E-state index contributed by atoms with van der Waals surface area (Å²) in [7, 11) is -3.56. The monoisotopic (exact) mass is 396 g/mol. The molecule has 0 aliphatic carbocycles. The van der Waals surface area contributed by atoms with Gasteiger partial charge in [-0.15, -0.1) is 0 Å². The zero-order valence-corrected chi connectivity index (χ0v) is 16.4. The van der Waals surface area contributed by atoms with Crippen LogP contribution in [0.1, 0.15) is 30.6 Å². The Morgan fingerprint density at radius 1 is 1.11 bits per heavy atom. The Balaban J connectivity index is 1.70. The van der Waals surface area contributed by atoms with E-state index in [0.29, 0.717) is 24.4 Å². The van der Waals surface area contributed by atoms with E-state index in [0.717, 1.165) is 33.0 Å². The Hall–Kier alpha value is -3.00. The van der Waals surface area contributed by atoms with E-state index in [1.165, 1.54) is 0 Å². The quantitative estimate of drug-likeness (QED) is 0.661. The average Bonchev–Trinajstić information content (AvgIpc) is 3.14. The van der Waals surface area contributed by atoms with Gasteiger partial charge in [-0.25, -0.2) is 13.4 Å². The second-order valence-electron chi connectivity index (χ2n) is 6.54. The first kappa shape index (κ1) is 18.4. The summed E-state index contributed by atoms with van der Waals surface area (Å²) in [5.41, 5.74) is 3.61. The number of fused-ring (bicyclic) bond motifs is 1. The van der Waals surface area contributed by atoms with Crippen molar-refractivity contribution in [3.05, 3.63) is 66.0 Å². The van der Waals surface area contributed by atoms with Crippen molar-refractivity contribution in [3.63, 3.8) is 0 Å². The minimum atomic E-state index is -3.56. The van der Waals surface area contributed by atoms with Crippen LogP contribution in [0.15, 0.2) is 59.8 Å². The van der Waals surface area contributed by atoms with Gasteiger partial charge in [0.25, 0.3) is 0 Å². The summed E-state index contributed by atoms with van der Waals surface area (Å²) in [6, 6.07) is 14.5. The third-order valence-corrected chi connectivity index (χ3v) is 5.54. The van der Waals surface area contributed by atoms with Crippen LogP contribution in [-0.4, -0.2) is 41.4 Å². The Morgan fingerprint density at radius 3 is 2.50 bits per heavy atom. The molecule has 0 fully saturated rings. The lowest BCUT2D eigenvalue weighted by Gasteiger charge is -2.20. The van der Waals surface area contributed by atoms with Gasteiger partial charge in [-0.1, -0.05) is 12.1 Å². The van der Waals surface area contributed by atoms with Crippen LogP contribution in [-0.2, 0) is 10.0 Å². The number of hydrogen-bond acceptors (Lipinski definition) is 6. The van der Waals surface area contributed by atoms with Gasteiger partial charge in [0.05, 0.1) is 41.5 Å². The Bertz CT molecular complexity index is 1140. The summed E-state index contributed by atoms with van der Waals surface area (Å²) in [4.78, 5) is 9.05. The van der Waals surface area contributed by atoms with Gasteiger partial charge in [-0.05, 0) is 48.9 Å². The minimum Gasteiger partial charge on any atom is -0.494 e. The Kier molecular flexibility index (Phi) is 4.72. The molecule has 4 rings (SSSR count). The molecule has 1 aliphatic rings. The molecule has 0 amide bonds. The fourth-order valence-electron chi connectivity index (χ4n) is 3.23. The van der Waals surface area contributed by atoms with E-state index in [9.17, 15) is 8.42 Å². The fraction of sp³-hybridized carbons (Fsp3) is 0.250. The van der Waals surface area contributed by atoms with Gasteiger partial charge in [0.15, 0.2) is 0 Å². The summed E-state index contributed by atoms with van der Waals surface area (Å²) < 4.78 is 31.3. The number of hydrogen-bond donors (Lipinski definition) is 0. The van der Waals surface area contributed by atoms with Crippen molar-refractivity contribution in [1.82, 2.24) is 14.4 Å². The molecular weight excluding hydrogens is 376 g/mol. The lowest BCUT2D eigenvalue weighted by atomic mass is 10.0. The second kappa shape index (κ2) is 7.20. The summed E-state index contributed by atoms with van der Waals surface area (Å²) in [6.07, 6.45) is 3.20. The van der Waals surface area contributed by atoms with Crippen LogP contribution in [0.2, 0.25) is 0 Å². The van der Waals surface area contributed by atoms with Crippen molar-refractivity contribution in [2.24, 2.45) is 5.10 Å². The Morgan fingerprint density at radius 2 is 1.82 bits per heavy atom. The molecule has 8 heteroatoms. The number of benzene rings is 2. The molecule has 2 aromatic carbocycles. The van der Waals surface area contributed by atoms with Crippen LogP contribution in [0, 0.1) is 0 Å². The molecule has 1 aliphatic heterocycles. The largest absolute Gasteiger partial charge is 0.494 e. The number of rotatable bonds is 5. The van der Waals surface area contributed by atoms with Crippen molar-refractivity contribution in [2.75, 3.05) is 12.9 Å². The van der Waals surface area contributed by atoms with Crippen molar-refractivity contribution >= 4 is 26.8 Å². The SMILES string of the molecule is CCOc1ccc(C2=NN(S(C)(=O)=O)[C@@H](c3cnc4ccccc4n3)C2)cc1. The van der Waals surface area contributed by atoms with Crippen molar-refractivity contribution in [1.29, 1.82) is 0 Å². The van der Waals surface area contributed by atoms with Gasteiger partial charge < -0.3 is 4.74 Å². The summed E-state index contributed by atoms with van der Waals surface area (Å²) >= 11 is 0. The molecule has 28 heavy (non-hydrogen) atoms. The van der Waals surface area contributed by atoms with Gasteiger partial charge in [-0.2, -0.15) is 9.52 Å². The first-order valence-corrected chi connectivity index (χ1v) is 10.8. The molecule has 0 N–H and O–H groups in total. The lowest BCUT2D eigenvalue weighted by Crippen LogP contribution is -2.26. The molecule has 1 aromatic heterocycles. The van der Waals surface area contributed by atoms with Crippen LogP contribution in [0.4, 0.5) is 0 Å². The molecule has 2 heterocycles. The highest BCUT2D eigenvalue weighted by molar-refractivity contribution is 7.88. The van der Waals surface area contributed by atoms with Gasteiger partial charge in [0, 0.05) is 6.42 Å². The van der Waals surface area contributed by atoms with Gasteiger partial charge in [0.1, 0.15) is 11.8 Å². The van der Waals surface area contributed by atoms with Crippen LogP contribution >= 0.6 is 0 Å². The predicted molar refractivity (Wildman–Crippen MR) is 108 cm³/mol. The summed E-state index contributed by atoms with van der Waals surface area (Å²) in [5.74, 6) is 0.766. The third kappa shape index (κ3) is 3.55. The topological polar surface area (TPSA) is 84.8 Å². The van der Waals surface area contributed by atoms with E-state index in [2.05, 4.69) is 15.1 Å². The first-order chi connectivity index (χ1) is 13.5. The molecule has 0 saturated carbocycles. The molecule has 144 valence electrons. The van der Waals surface area contributed by atoms with E-state index < -0.39 is 16.1 Å². The molecule has 0 unspecified atom stereocenters. The van der Waals surface area contributed by atoms with Crippen LogP contribution in [0.3, 0.4) is 0 Å². The molecule has 7 nitrogen and oxygen atoms in total. The van der Waals surface area contributed by atoms with Crippen LogP contribution < -0.4 is 4.74 Å². The first-order valence-electron chi connectivity index (χ1n) is 8.97. The number of ether oxygens (including phenoxy) is 1. The number of nitrogens with zero attached hydrogens (tertiary/aromatic N) is 4. The molecular formula is C20H20N4O3S. The van der Waals surface area contributed by atoms with E-state index in [1.807, 2.05) is 55.5 Å². The smallest absolute Gasteiger partial charge is 0.247 e. The highest BCUT2D eigenvalue weighted by Gasteiger charge is 2.35. The van der Waals surface area contributed by atoms with Crippen molar-refractivity contribution in [2.45, 2.75) is 19.4 Å². The van der Waals surface area contributed by atoms with E-state index in [4.69, 9.17) is 4.74 Å². The Labute approximate surface area is 163 Å². The maximum Gasteiger partial charge on any atom is 0.247 e. The summed E-state index contributed by atoms with van der Waals surface area (Å²) in [5, 5.41) is 4.40. The van der Waals surface area contributed by atoms with Crippen LogP contribution in [0.25, 0.3) is 11.0 Å². The van der Waals surface area contributed by atoms with Crippen molar-refractivity contribution in [3.8, 4) is 5.75 Å². The van der Waals surface area contributed by atoms with E-state index in [-0.39, 0.29) is 0 Å². The average molecular weight is 396 g/mol. The normalized spacial score (nSPS) is 17.0. The van der Waals surface area contributed by atoms with Gasteiger partial charge in [-0.3, -0.25) is 4.98 Å².